The van der Waals surface area contributed by atoms with E-state index in [0.29, 0.717) is 16.5 Å². The molecule has 0 radical (unpaired) electrons. The smallest absolute Gasteiger partial charge is 0.324 e. The molecule has 0 aliphatic carbocycles. The summed E-state index contributed by atoms with van der Waals surface area (Å²) in [6.07, 6.45) is -4.57. The van der Waals surface area contributed by atoms with E-state index < -0.39 is 28.9 Å². The third-order valence-electron chi connectivity index (χ3n) is 4.85. The van der Waals surface area contributed by atoms with Crippen molar-refractivity contribution >= 4 is 46.6 Å². The predicted octanol–water partition coefficient (Wildman–Crippen LogP) is 4.29. The molecule has 4 rings (SSSR count). The van der Waals surface area contributed by atoms with Crippen LogP contribution in [0, 0.1) is 0 Å². The molecule has 0 saturated heterocycles. The van der Waals surface area contributed by atoms with E-state index >= 15 is 0 Å². The summed E-state index contributed by atoms with van der Waals surface area (Å²) in [7, 11) is 0. The molecule has 2 aromatic heterocycles. The first kappa shape index (κ1) is 26.5. The highest BCUT2D eigenvalue weighted by Crippen LogP contribution is 2.34. The van der Waals surface area contributed by atoms with Crippen LogP contribution in [0.2, 0.25) is 10.0 Å². The Labute approximate surface area is 220 Å². The SMILES string of the molecule is O=C(CSc1nnc(Cc2cc(=O)[nH]c(=O)[nH]2)n1-c1ccc(Cl)cc1)Nc1cc(C(F)(F)F)ccc1Cl. The van der Waals surface area contributed by atoms with Gasteiger partial charge in [-0.1, -0.05) is 35.0 Å². The van der Waals surface area contributed by atoms with E-state index in [1.807, 2.05) is 0 Å². The second-order valence-corrected chi connectivity index (χ2v) is 9.32. The molecular formula is C22H15Cl2F3N6O3S. The van der Waals surface area contributed by atoms with Crippen LogP contribution < -0.4 is 16.6 Å². The maximum absolute atomic E-state index is 13.0. The monoisotopic (exact) mass is 570 g/mol. The summed E-state index contributed by atoms with van der Waals surface area (Å²) >= 11 is 12.9. The number of carbonyl (C=O) groups is 1. The van der Waals surface area contributed by atoms with E-state index in [2.05, 4.69) is 25.5 Å². The number of hydrogen-bond donors (Lipinski definition) is 3. The first-order valence-corrected chi connectivity index (χ1v) is 12.1. The van der Waals surface area contributed by atoms with Gasteiger partial charge in [0.25, 0.3) is 5.56 Å². The van der Waals surface area contributed by atoms with Gasteiger partial charge in [-0.2, -0.15) is 13.2 Å². The van der Waals surface area contributed by atoms with Crippen molar-refractivity contribution in [3.8, 4) is 5.69 Å². The first-order valence-electron chi connectivity index (χ1n) is 10.3. The number of amides is 1. The minimum absolute atomic E-state index is 0.0292. The number of nitrogens with one attached hydrogen (secondary N) is 3. The summed E-state index contributed by atoms with van der Waals surface area (Å²) < 4.78 is 40.6. The summed E-state index contributed by atoms with van der Waals surface area (Å²) in [5, 5.41) is 11.3. The lowest BCUT2D eigenvalue weighted by Crippen LogP contribution is -2.23. The summed E-state index contributed by atoms with van der Waals surface area (Å²) in [6.45, 7) is 0. The van der Waals surface area contributed by atoms with Gasteiger partial charge in [-0.25, -0.2) is 4.79 Å². The molecule has 0 bridgehead atoms. The van der Waals surface area contributed by atoms with Crippen molar-refractivity contribution < 1.29 is 18.0 Å². The molecule has 2 aromatic carbocycles. The number of thioether (sulfide) groups is 1. The molecule has 0 unspecified atom stereocenters. The number of nitrogens with zero attached hydrogens (tertiary/aromatic N) is 3. The highest BCUT2D eigenvalue weighted by Gasteiger charge is 2.31. The molecule has 4 aromatic rings. The van der Waals surface area contributed by atoms with Crippen LogP contribution in [0.3, 0.4) is 0 Å². The number of anilines is 1. The fraction of sp³-hybridized carbons (Fsp3) is 0.136. The van der Waals surface area contributed by atoms with Gasteiger partial charge in [0.15, 0.2) is 5.16 Å². The molecule has 1 amide bonds. The van der Waals surface area contributed by atoms with Gasteiger partial charge >= 0.3 is 11.9 Å². The van der Waals surface area contributed by atoms with Gasteiger partial charge in [0, 0.05) is 28.9 Å². The van der Waals surface area contributed by atoms with Gasteiger partial charge in [0.2, 0.25) is 5.91 Å². The van der Waals surface area contributed by atoms with Crippen molar-refractivity contribution in [3.63, 3.8) is 0 Å². The molecule has 0 saturated carbocycles. The summed E-state index contributed by atoms with van der Waals surface area (Å²) in [6, 6.07) is 10.5. The van der Waals surface area contributed by atoms with Crippen molar-refractivity contribution in [2.75, 3.05) is 11.1 Å². The Balaban J connectivity index is 1.58. The molecule has 2 heterocycles. The number of benzene rings is 2. The fourth-order valence-corrected chi connectivity index (χ4v) is 4.32. The number of aromatic nitrogens is 5. The summed E-state index contributed by atoms with van der Waals surface area (Å²) in [5.74, 6) is -0.523. The van der Waals surface area contributed by atoms with Gasteiger partial charge in [-0.15, -0.1) is 10.2 Å². The number of H-pyrrole nitrogens is 2. The topological polar surface area (TPSA) is 126 Å². The van der Waals surface area contributed by atoms with Crippen LogP contribution in [0.4, 0.5) is 18.9 Å². The zero-order valence-electron chi connectivity index (χ0n) is 18.4. The zero-order chi connectivity index (χ0) is 26.7. The molecule has 0 atom stereocenters. The molecule has 0 spiro atoms. The molecule has 192 valence electrons. The van der Waals surface area contributed by atoms with Crippen LogP contribution in [0.5, 0.6) is 0 Å². The Morgan fingerprint density at radius 1 is 1.03 bits per heavy atom. The second kappa shape index (κ2) is 10.8. The van der Waals surface area contributed by atoms with Crippen LogP contribution >= 0.6 is 35.0 Å². The lowest BCUT2D eigenvalue weighted by atomic mass is 10.2. The Morgan fingerprint density at radius 3 is 2.43 bits per heavy atom. The van der Waals surface area contributed by atoms with Crippen molar-refractivity contribution in [1.82, 2.24) is 24.7 Å². The van der Waals surface area contributed by atoms with Crippen LogP contribution in [0.15, 0.2) is 63.3 Å². The fourth-order valence-electron chi connectivity index (χ4n) is 3.26. The van der Waals surface area contributed by atoms with E-state index in [-0.39, 0.29) is 33.7 Å². The average molecular weight is 571 g/mol. The molecule has 0 fully saturated rings. The van der Waals surface area contributed by atoms with Gasteiger partial charge in [-0.3, -0.25) is 19.1 Å². The van der Waals surface area contributed by atoms with E-state index in [1.165, 1.54) is 6.07 Å². The van der Waals surface area contributed by atoms with E-state index in [1.54, 1.807) is 28.8 Å². The van der Waals surface area contributed by atoms with Crippen LogP contribution in [-0.4, -0.2) is 36.4 Å². The second-order valence-electron chi connectivity index (χ2n) is 7.53. The molecule has 0 aliphatic heterocycles. The number of hydrogen-bond acceptors (Lipinski definition) is 6. The van der Waals surface area contributed by atoms with Crippen LogP contribution in [0.25, 0.3) is 5.69 Å². The van der Waals surface area contributed by atoms with E-state index in [4.69, 9.17) is 23.2 Å². The summed E-state index contributed by atoms with van der Waals surface area (Å²) in [5.41, 5.74) is -1.54. The normalized spacial score (nSPS) is 11.5. The van der Waals surface area contributed by atoms with E-state index in [9.17, 15) is 27.6 Å². The number of aromatic amines is 2. The van der Waals surface area contributed by atoms with E-state index in [0.717, 1.165) is 30.0 Å². The highest BCUT2D eigenvalue weighted by atomic mass is 35.5. The molecular weight excluding hydrogens is 556 g/mol. The van der Waals surface area contributed by atoms with Crippen LogP contribution in [0.1, 0.15) is 17.1 Å². The third-order valence-corrected chi connectivity index (χ3v) is 6.36. The number of alkyl halides is 3. The predicted molar refractivity (Wildman–Crippen MR) is 133 cm³/mol. The number of halogens is 5. The van der Waals surface area contributed by atoms with Gasteiger partial charge < -0.3 is 10.3 Å². The lowest BCUT2D eigenvalue weighted by molar-refractivity contribution is -0.137. The Bertz CT molecular complexity index is 1540. The van der Waals surface area contributed by atoms with Crippen molar-refractivity contribution in [3.05, 3.63) is 96.5 Å². The van der Waals surface area contributed by atoms with Crippen molar-refractivity contribution in [2.45, 2.75) is 17.8 Å². The molecule has 3 N–H and O–H groups in total. The highest BCUT2D eigenvalue weighted by molar-refractivity contribution is 7.99. The minimum Gasteiger partial charge on any atom is -0.324 e. The molecule has 0 aliphatic rings. The van der Waals surface area contributed by atoms with Gasteiger partial charge in [-0.05, 0) is 42.5 Å². The zero-order valence-corrected chi connectivity index (χ0v) is 20.7. The number of rotatable bonds is 7. The Hall–Kier alpha value is -3.55. The lowest BCUT2D eigenvalue weighted by Gasteiger charge is -2.12. The largest absolute Gasteiger partial charge is 0.416 e. The maximum Gasteiger partial charge on any atom is 0.416 e. The summed E-state index contributed by atoms with van der Waals surface area (Å²) in [4.78, 5) is 40.4. The molecule has 9 nitrogen and oxygen atoms in total. The van der Waals surface area contributed by atoms with Crippen molar-refractivity contribution in [2.24, 2.45) is 0 Å². The third kappa shape index (κ3) is 6.61. The molecule has 37 heavy (non-hydrogen) atoms. The average Bonchev–Trinajstić information content (AvgIpc) is 3.20. The van der Waals surface area contributed by atoms with Crippen LogP contribution in [-0.2, 0) is 17.4 Å². The maximum atomic E-state index is 13.0. The first-order chi connectivity index (χ1) is 17.5. The minimum atomic E-state index is -4.60. The standard InChI is InChI=1S/C22H15Cl2F3N6O3S/c23-12-2-4-14(5-3-12)33-17(8-13-9-18(34)30-20(36)28-13)31-32-21(33)37-10-19(35)29-16-7-11(22(25,26)27)1-6-15(16)24/h1-7,9H,8,10H2,(H,29,35)(H2,28,30,34,36). The Kier molecular flexibility index (Phi) is 7.76. The van der Waals surface area contributed by atoms with Gasteiger partial charge in [0.05, 0.1) is 22.0 Å². The number of carbonyl (C=O) groups excluding carboxylic acids is 1. The van der Waals surface area contributed by atoms with Gasteiger partial charge in [0.1, 0.15) is 5.82 Å². The van der Waals surface area contributed by atoms with Crippen molar-refractivity contribution in [1.29, 1.82) is 0 Å². The molecule has 15 heteroatoms. The quantitative estimate of drug-likeness (QED) is 0.284. The Morgan fingerprint density at radius 2 is 1.76 bits per heavy atom.